The SMILES string of the molecule is O=C(Nc1cccc(Cl)c1Cl)c1cnc(NCCN2CCOCC2)nc1. The Morgan fingerprint density at radius 3 is 2.65 bits per heavy atom. The number of ether oxygens (including phenoxy) is 1. The van der Waals surface area contributed by atoms with Gasteiger partial charge in [-0.1, -0.05) is 29.3 Å². The third kappa shape index (κ3) is 5.04. The van der Waals surface area contributed by atoms with Gasteiger partial charge in [0.25, 0.3) is 5.91 Å². The van der Waals surface area contributed by atoms with Crippen LogP contribution in [0.1, 0.15) is 10.4 Å². The van der Waals surface area contributed by atoms with Crippen molar-refractivity contribution in [2.24, 2.45) is 0 Å². The maximum absolute atomic E-state index is 12.3. The number of anilines is 2. The van der Waals surface area contributed by atoms with E-state index in [0.717, 1.165) is 39.4 Å². The van der Waals surface area contributed by atoms with Gasteiger partial charge in [-0.05, 0) is 12.1 Å². The fourth-order valence-corrected chi connectivity index (χ4v) is 2.83. The van der Waals surface area contributed by atoms with E-state index in [1.807, 2.05) is 0 Å². The van der Waals surface area contributed by atoms with E-state index in [-0.39, 0.29) is 5.91 Å². The predicted octanol–water partition coefficient (Wildman–Crippen LogP) is 2.78. The van der Waals surface area contributed by atoms with Crippen molar-refractivity contribution >= 4 is 40.7 Å². The van der Waals surface area contributed by atoms with Gasteiger partial charge in [0.15, 0.2) is 0 Å². The predicted molar refractivity (Wildman–Crippen MR) is 102 cm³/mol. The summed E-state index contributed by atoms with van der Waals surface area (Å²) in [6.45, 7) is 5.04. The summed E-state index contributed by atoms with van der Waals surface area (Å²) >= 11 is 12.0. The molecule has 1 amide bonds. The Bertz CT molecular complexity index is 751. The van der Waals surface area contributed by atoms with Crippen molar-refractivity contribution in [3.05, 3.63) is 46.2 Å². The Kier molecular flexibility index (Phi) is 6.62. The molecular formula is C17H19Cl2N5O2. The molecule has 9 heteroatoms. The maximum atomic E-state index is 12.3. The number of halogens is 2. The molecule has 1 aliphatic rings. The molecule has 138 valence electrons. The molecule has 1 aromatic heterocycles. The fraction of sp³-hybridized carbons (Fsp3) is 0.353. The van der Waals surface area contributed by atoms with Crippen molar-refractivity contribution in [3.63, 3.8) is 0 Å². The molecule has 0 atom stereocenters. The number of benzene rings is 1. The number of carbonyl (C=O) groups is 1. The highest BCUT2D eigenvalue weighted by Gasteiger charge is 2.12. The Hall–Kier alpha value is -1.93. The second kappa shape index (κ2) is 9.14. The second-order valence-corrected chi connectivity index (χ2v) is 6.52. The summed E-state index contributed by atoms with van der Waals surface area (Å²) in [5.74, 6) is 0.129. The Morgan fingerprint density at radius 1 is 1.19 bits per heavy atom. The summed E-state index contributed by atoms with van der Waals surface area (Å²) in [5, 5.41) is 6.52. The fourth-order valence-electron chi connectivity index (χ4n) is 2.48. The highest BCUT2D eigenvalue weighted by atomic mass is 35.5. The van der Waals surface area contributed by atoms with Gasteiger partial charge in [-0.15, -0.1) is 0 Å². The zero-order valence-corrected chi connectivity index (χ0v) is 15.6. The first-order valence-corrected chi connectivity index (χ1v) is 9.00. The maximum Gasteiger partial charge on any atom is 0.258 e. The van der Waals surface area contributed by atoms with Crippen LogP contribution in [-0.4, -0.2) is 60.2 Å². The number of aromatic nitrogens is 2. The van der Waals surface area contributed by atoms with Crippen LogP contribution in [0.15, 0.2) is 30.6 Å². The number of amides is 1. The lowest BCUT2D eigenvalue weighted by molar-refractivity contribution is 0.0398. The van der Waals surface area contributed by atoms with Crippen LogP contribution < -0.4 is 10.6 Å². The van der Waals surface area contributed by atoms with E-state index in [9.17, 15) is 4.79 Å². The van der Waals surface area contributed by atoms with Crippen molar-refractivity contribution in [2.45, 2.75) is 0 Å². The van der Waals surface area contributed by atoms with Crippen molar-refractivity contribution in [3.8, 4) is 0 Å². The molecule has 0 radical (unpaired) electrons. The number of nitrogens with zero attached hydrogens (tertiary/aromatic N) is 3. The van der Waals surface area contributed by atoms with Gasteiger partial charge in [0.1, 0.15) is 0 Å². The topological polar surface area (TPSA) is 79.4 Å². The van der Waals surface area contributed by atoms with Gasteiger partial charge in [0, 0.05) is 38.6 Å². The lowest BCUT2D eigenvalue weighted by Crippen LogP contribution is -2.39. The van der Waals surface area contributed by atoms with E-state index in [1.54, 1.807) is 18.2 Å². The van der Waals surface area contributed by atoms with Crippen LogP contribution >= 0.6 is 23.2 Å². The van der Waals surface area contributed by atoms with Crippen molar-refractivity contribution in [2.75, 3.05) is 50.0 Å². The van der Waals surface area contributed by atoms with E-state index in [0.29, 0.717) is 27.2 Å². The summed E-state index contributed by atoms with van der Waals surface area (Å²) < 4.78 is 5.32. The van der Waals surface area contributed by atoms with E-state index < -0.39 is 0 Å². The number of hydrogen-bond donors (Lipinski definition) is 2. The van der Waals surface area contributed by atoms with Crippen LogP contribution in [-0.2, 0) is 4.74 Å². The molecule has 0 saturated carbocycles. The molecule has 0 aliphatic carbocycles. The molecule has 2 N–H and O–H groups in total. The monoisotopic (exact) mass is 395 g/mol. The Morgan fingerprint density at radius 2 is 1.92 bits per heavy atom. The first-order chi connectivity index (χ1) is 12.6. The molecule has 26 heavy (non-hydrogen) atoms. The van der Waals surface area contributed by atoms with Crippen LogP contribution in [0.2, 0.25) is 10.0 Å². The van der Waals surface area contributed by atoms with Crippen LogP contribution in [0.3, 0.4) is 0 Å². The van der Waals surface area contributed by atoms with E-state index in [2.05, 4.69) is 25.5 Å². The number of nitrogens with one attached hydrogen (secondary N) is 2. The molecule has 1 aliphatic heterocycles. The molecule has 0 unspecified atom stereocenters. The van der Waals surface area contributed by atoms with E-state index >= 15 is 0 Å². The molecule has 2 aromatic rings. The summed E-state index contributed by atoms with van der Waals surface area (Å²) in [4.78, 5) is 22.9. The van der Waals surface area contributed by atoms with Gasteiger partial charge >= 0.3 is 0 Å². The third-order valence-corrected chi connectivity index (χ3v) is 4.75. The van der Waals surface area contributed by atoms with Crippen molar-refractivity contribution in [1.29, 1.82) is 0 Å². The minimum absolute atomic E-state index is 0.296. The molecule has 1 aromatic carbocycles. The number of morpholine rings is 1. The highest BCUT2D eigenvalue weighted by Crippen LogP contribution is 2.29. The largest absolute Gasteiger partial charge is 0.379 e. The smallest absolute Gasteiger partial charge is 0.258 e. The zero-order chi connectivity index (χ0) is 18.4. The lowest BCUT2D eigenvalue weighted by atomic mass is 10.2. The van der Waals surface area contributed by atoms with Crippen LogP contribution in [0, 0.1) is 0 Å². The molecule has 1 saturated heterocycles. The van der Waals surface area contributed by atoms with Gasteiger partial charge in [-0.25, -0.2) is 9.97 Å². The summed E-state index contributed by atoms with van der Waals surface area (Å²) in [6, 6.07) is 5.04. The molecule has 1 fully saturated rings. The molecular weight excluding hydrogens is 377 g/mol. The van der Waals surface area contributed by atoms with Crippen molar-refractivity contribution in [1.82, 2.24) is 14.9 Å². The quantitative estimate of drug-likeness (QED) is 0.782. The summed E-state index contributed by atoms with van der Waals surface area (Å²) in [7, 11) is 0. The normalized spacial score (nSPS) is 14.8. The van der Waals surface area contributed by atoms with Gasteiger partial charge in [-0.2, -0.15) is 0 Å². The Labute approximate surface area is 161 Å². The van der Waals surface area contributed by atoms with E-state index in [1.165, 1.54) is 12.4 Å². The average molecular weight is 396 g/mol. The average Bonchev–Trinajstić information content (AvgIpc) is 2.67. The van der Waals surface area contributed by atoms with E-state index in [4.69, 9.17) is 27.9 Å². The molecule has 2 heterocycles. The minimum atomic E-state index is -0.353. The molecule has 0 spiro atoms. The van der Waals surface area contributed by atoms with Crippen LogP contribution in [0.5, 0.6) is 0 Å². The Balaban J connectivity index is 1.51. The molecule has 0 bridgehead atoms. The van der Waals surface area contributed by atoms with Crippen molar-refractivity contribution < 1.29 is 9.53 Å². The molecule has 7 nitrogen and oxygen atoms in total. The first kappa shape index (κ1) is 18.8. The first-order valence-electron chi connectivity index (χ1n) is 8.25. The number of carbonyl (C=O) groups excluding carboxylic acids is 1. The number of rotatable bonds is 6. The zero-order valence-electron chi connectivity index (χ0n) is 14.0. The van der Waals surface area contributed by atoms with Gasteiger partial charge in [0.05, 0.1) is 34.5 Å². The standard InChI is InChI=1S/C17H19Cl2N5O2/c18-13-2-1-3-14(15(13)19)23-16(25)12-10-21-17(22-11-12)20-4-5-24-6-8-26-9-7-24/h1-3,10-11H,4-9H2,(H,23,25)(H,20,21,22). The molecule has 3 rings (SSSR count). The van der Waals surface area contributed by atoms with Crippen LogP contribution in [0.4, 0.5) is 11.6 Å². The minimum Gasteiger partial charge on any atom is -0.379 e. The van der Waals surface area contributed by atoms with Gasteiger partial charge in [0.2, 0.25) is 5.95 Å². The summed E-state index contributed by atoms with van der Waals surface area (Å²) in [5.41, 5.74) is 0.775. The van der Waals surface area contributed by atoms with Gasteiger partial charge < -0.3 is 15.4 Å². The third-order valence-electron chi connectivity index (χ3n) is 3.93. The number of hydrogen-bond acceptors (Lipinski definition) is 6. The van der Waals surface area contributed by atoms with Gasteiger partial charge in [-0.3, -0.25) is 9.69 Å². The summed E-state index contributed by atoms with van der Waals surface area (Å²) in [6.07, 6.45) is 2.94. The lowest BCUT2D eigenvalue weighted by Gasteiger charge is -2.26. The second-order valence-electron chi connectivity index (χ2n) is 5.73. The van der Waals surface area contributed by atoms with Crippen LogP contribution in [0.25, 0.3) is 0 Å². The highest BCUT2D eigenvalue weighted by molar-refractivity contribution is 6.44.